The van der Waals surface area contributed by atoms with E-state index < -0.39 is 0 Å². The fourth-order valence-corrected chi connectivity index (χ4v) is 2.59. The fourth-order valence-electron chi connectivity index (χ4n) is 2.13. The highest BCUT2D eigenvalue weighted by atomic mass is 79.9. The van der Waals surface area contributed by atoms with E-state index in [-0.39, 0.29) is 11.9 Å². The van der Waals surface area contributed by atoms with Gasteiger partial charge in [-0.2, -0.15) is 0 Å². The van der Waals surface area contributed by atoms with Gasteiger partial charge in [-0.1, -0.05) is 45.7 Å². The molecule has 106 valence electrons. The Hall–Kier alpha value is -0.900. The molecule has 0 aliphatic rings. The Bertz CT molecular complexity index is 571. The second-order valence-electron chi connectivity index (χ2n) is 4.76. The highest BCUT2D eigenvalue weighted by Gasteiger charge is 2.11. The van der Waals surface area contributed by atoms with E-state index in [0.717, 1.165) is 21.5 Å². The van der Waals surface area contributed by atoms with E-state index in [2.05, 4.69) is 21.2 Å². The number of hydrogen-bond donors (Lipinski definition) is 1. The Morgan fingerprint density at radius 2 is 1.85 bits per heavy atom. The molecule has 0 fully saturated rings. The monoisotopic (exact) mass is 355 g/mol. The second kappa shape index (κ2) is 7.21. The SMILES string of the molecule is CNC(Cc1ccc(Cl)cc1)Cc1ccc(Br)cc1F. The van der Waals surface area contributed by atoms with Crippen molar-refractivity contribution in [2.24, 2.45) is 0 Å². The molecule has 1 atom stereocenters. The summed E-state index contributed by atoms with van der Waals surface area (Å²) in [7, 11) is 1.90. The molecule has 0 radical (unpaired) electrons. The van der Waals surface area contributed by atoms with Crippen LogP contribution in [0.4, 0.5) is 4.39 Å². The van der Waals surface area contributed by atoms with Crippen LogP contribution < -0.4 is 5.32 Å². The van der Waals surface area contributed by atoms with Crippen molar-refractivity contribution in [3.63, 3.8) is 0 Å². The molecule has 2 rings (SSSR count). The van der Waals surface area contributed by atoms with E-state index in [4.69, 9.17) is 11.6 Å². The van der Waals surface area contributed by atoms with Crippen molar-refractivity contribution in [1.82, 2.24) is 5.32 Å². The lowest BCUT2D eigenvalue weighted by Gasteiger charge is -2.17. The summed E-state index contributed by atoms with van der Waals surface area (Å²) in [5.41, 5.74) is 1.91. The predicted octanol–water partition coefficient (Wildman–Crippen LogP) is 4.61. The normalized spacial score (nSPS) is 12.4. The minimum atomic E-state index is -0.171. The summed E-state index contributed by atoms with van der Waals surface area (Å²) >= 11 is 9.15. The van der Waals surface area contributed by atoms with Crippen LogP contribution in [-0.2, 0) is 12.8 Å². The molecule has 2 aromatic carbocycles. The molecule has 0 bridgehead atoms. The van der Waals surface area contributed by atoms with Crippen LogP contribution in [0.1, 0.15) is 11.1 Å². The molecule has 0 amide bonds. The van der Waals surface area contributed by atoms with Gasteiger partial charge in [0, 0.05) is 15.5 Å². The van der Waals surface area contributed by atoms with Crippen LogP contribution in [0.5, 0.6) is 0 Å². The summed E-state index contributed by atoms with van der Waals surface area (Å²) in [5.74, 6) is -0.171. The zero-order chi connectivity index (χ0) is 14.5. The minimum absolute atomic E-state index is 0.171. The summed E-state index contributed by atoms with van der Waals surface area (Å²) in [6.45, 7) is 0. The number of rotatable bonds is 5. The first kappa shape index (κ1) is 15.5. The van der Waals surface area contributed by atoms with Crippen LogP contribution >= 0.6 is 27.5 Å². The molecule has 0 aliphatic heterocycles. The molecular weight excluding hydrogens is 341 g/mol. The summed E-state index contributed by atoms with van der Waals surface area (Å²) in [6, 6.07) is 13.2. The first-order valence-electron chi connectivity index (χ1n) is 6.44. The third kappa shape index (κ3) is 4.30. The third-order valence-electron chi connectivity index (χ3n) is 3.29. The zero-order valence-corrected chi connectivity index (χ0v) is 13.5. The Morgan fingerprint density at radius 1 is 1.15 bits per heavy atom. The van der Waals surface area contributed by atoms with Crippen LogP contribution in [-0.4, -0.2) is 13.1 Å². The third-order valence-corrected chi connectivity index (χ3v) is 4.03. The highest BCUT2D eigenvalue weighted by molar-refractivity contribution is 9.10. The molecule has 0 spiro atoms. The van der Waals surface area contributed by atoms with Gasteiger partial charge in [0.25, 0.3) is 0 Å². The van der Waals surface area contributed by atoms with Gasteiger partial charge in [0.1, 0.15) is 5.82 Å². The molecule has 2 aromatic rings. The van der Waals surface area contributed by atoms with Gasteiger partial charge in [0.15, 0.2) is 0 Å². The average molecular weight is 357 g/mol. The molecule has 0 aliphatic carbocycles. The van der Waals surface area contributed by atoms with Gasteiger partial charge in [-0.3, -0.25) is 0 Å². The van der Waals surface area contributed by atoms with E-state index in [0.29, 0.717) is 6.42 Å². The number of nitrogens with one attached hydrogen (secondary N) is 1. The molecule has 0 saturated heterocycles. The Morgan fingerprint density at radius 3 is 2.45 bits per heavy atom. The van der Waals surface area contributed by atoms with Gasteiger partial charge in [0.05, 0.1) is 0 Å². The van der Waals surface area contributed by atoms with Crippen molar-refractivity contribution in [3.8, 4) is 0 Å². The summed E-state index contributed by atoms with van der Waals surface area (Å²) in [4.78, 5) is 0. The maximum Gasteiger partial charge on any atom is 0.127 e. The molecule has 4 heteroatoms. The first-order valence-corrected chi connectivity index (χ1v) is 7.61. The Kier molecular flexibility index (Phi) is 5.58. The molecule has 0 aromatic heterocycles. The number of likely N-dealkylation sites (N-methyl/N-ethyl adjacent to an activating group) is 1. The van der Waals surface area contributed by atoms with Crippen molar-refractivity contribution in [3.05, 3.63) is 68.9 Å². The van der Waals surface area contributed by atoms with Crippen LogP contribution in [0.2, 0.25) is 5.02 Å². The Balaban J connectivity index is 2.07. The summed E-state index contributed by atoms with van der Waals surface area (Å²) < 4.78 is 14.6. The molecule has 1 nitrogen and oxygen atoms in total. The van der Waals surface area contributed by atoms with Crippen molar-refractivity contribution in [2.75, 3.05) is 7.05 Å². The van der Waals surface area contributed by atoms with Gasteiger partial charge in [-0.25, -0.2) is 4.39 Å². The van der Waals surface area contributed by atoms with Crippen LogP contribution in [0.3, 0.4) is 0 Å². The molecule has 1 N–H and O–H groups in total. The lowest BCUT2D eigenvalue weighted by Crippen LogP contribution is -2.30. The van der Waals surface area contributed by atoms with Crippen LogP contribution in [0.25, 0.3) is 0 Å². The summed E-state index contributed by atoms with van der Waals surface area (Å²) in [6.07, 6.45) is 1.49. The second-order valence-corrected chi connectivity index (χ2v) is 6.11. The van der Waals surface area contributed by atoms with E-state index >= 15 is 0 Å². The van der Waals surface area contributed by atoms with Crippen LogP contribution in [0, 0.1) is 5.82 Å². The van der Waals surface area contributed by atoms with Crippen molar-refractivity contribution in [2.45, 2.75) is 18.9 Å². The molecule has 0 saturated carbocycles. The average Bonchev–Trinajstić information content (AvgIpc) is 2.43. The standard InChI is InChI=1S/C16H16BrClFN/c1-20-15(8-11-2-6-14(18)7-3-11)9-12-4-5-13(17)10-16(12)19/h2-7,10,15,20H,8-9H2,1H3. The topological polar surface area (TPSA) is 12.0 Å². The molecule has 1 unspecified atom stereocenters. The minimum Gasteiger partial charge on any atom is -0.316 e. The van der Waals surface area contributed by atoms with Gasteiger partial charge >= 0.3 is 0 Å². The van der Waals surface area contributed by atoms with Crippen molar-refractivity contribution < 1.29 is 4.39 Å². The number of hydrogen-bond acceptors (Lipinski definition) is 1. The van der Waals surface area contributed by atoms with E-state index in [1.54, 1.807) is 0 Å². The molecule has 20 heavy (non-hydrogen) atoms. The van der Waals surface area contributed by atoms with E-state index in [1.807, 2.05) is 43.4 Å². The van der Waals surface area contributed by atoms with Gasteiger partial charge in [-0.15, -0.1) is 0 Å². The maximum absolute atomic E-state index is 13.9. The number of halogens is 3. The van der Waals surface area contributed by atoms with Crippen molar-refractivity contribution in [1.29, 1.82) is 0 Å². The largest absolute Gasteiger partial charge is 0.316 e. The quantitative estimate of drug-likeness (QED) is 0.824. The van der Waals surface area contributed by atoms with E-state index in [1.165, 1.54) is 11.6 Å². The Labute approximate surface area is 132 Å². The van der Waals surface area contributed by atoms with E-state index in [9.17, 15) is 4.39 Å². The predicted molar refractivity (Wildman–Crippen MR) is 85.8 cm³/mol. The number of benzene rings is 2. The zero-order valence-electron chi connectivity index (χ0n) is 11.2. The van der Waals surface area contributed by atoms with Gasteiger partial charge < -0.3 is 5.32 Å². The lowest BCUT2D eigenvalue weighted by molar-refractivity contribution is 0.532. The molecule has 0 heterocycles. The fraction of sp³-hybridized carbons (Fsp3) is 0.250. The first-order chi connectivity index (χ1) is 9.58. The summed E-state index contributed by atoms with van der Waals surface area (Å²) in [5, 5.41) is 3.97. The maximum atomic E-state index is 13.9. The molecular formula is C16H16BrClFN. The smallest absolute Gasteiger partial charge is 0.127 e. The van der Waals surface area contributed by atoms with Gasteiger partial charge in [0.2, 0.25) is 0 Å². The lowest BCUT2D eigenvalue weighted by atomic mass is 9.99. The van der Waals surface area contributed by atoms with Gasteiger partial charge in [-0.05, 0) is 55.3 Å². The van der Waals surface area contributed by atoms with Crippen molar-refractivity contribution >= 4 is 27.5 Å². The highest BCUT2D eigenvalue weighted by Crippen LogP contribution is 2.18. The van der Waals surface area contributed by atoms with Crippen LogP contribution in [0.15, 0.2) is 46.9 Å².